The molecule has 2 aromatic heterocycles. The molecule has 0 fully saturated rings. The van der Waals surface area contributed by atoms with E-state index in [1.54, 1.807) is 24.4 Å². The Morgan fingerprint density at radius 3 is 2.79 bits per heavy atom. The summed E-state index contributed by atoms with van der Waals surface area (Å²) in [5, 5.41) is 0.362. The first-order valence-electron chi connectivity index (χ1n) is 7.55. The zero-order valence-electron chi connectivity index (χ0n) is 13.4. The maximum atomic E-state index is 14.0. The standard InChI is InChI=1S/C18H17ClFN3O/c1-12(17-7-8-21-11-22-17)23(2)10-14-4-6-18(24-14)15-5-3-13(19)9-16(15)20/h3-9,11-12H,10H2,1-2H3/t12-/m0/s1. The van der Waals surface area contributed by atoms with E-state index in [0.717, 1.165) is 11.5 Å². The third-order valence-corrected chi connectivity index (χ3v) is 4.19. The number of hydrogen-bond acceptors (Lipinski definition) is 4. The summed E-state index contributed by atoms with van der Waals surface area (Å²) in [5.41, 5.74) is 1.33. The van der Waals surface area contributed by atoms with Crippen LogP contribution in [-0.4, -0.2) is 21.9 Å². The van der Waals surface area contributed by atoms with Gasteiger partial charge in [0.25, 0.3) is 0 Å². The maximum Gasteiger partial charge on any atom is 0.137 e. The van der Waals surface area contributed by atoms with Gasteiger partial charge in [-0.15, -0.1) is 0 Å². The highest BCUT2D eigenvalue weighted by atomic mass is 35.5. The quantitative estimate of drug-likeness (QED) is 0.671. The molecule has 3 rings (SSSR count). The van der Waals surface area contributed by atoms with Crippen molar-refractivity contribution < 1.29 is 8.81 Å². The van der Waals surface area contributed by atoms with Crippen molar-refractivity contribution >= 4 is 11.6 Å². The Kier molecular flexibility index (Phi) is 4.92. The van der Waals surface area contributed by atoms with Gasteiger partial charge in [0.15, 0.2) is 0 Å². The number of hydrogen-bond donors (Lipinski definition) is 0. The summed E-state index contributed by atoms with van der Waals surface area (Å²) >= 11 is 5.78. The SMILES string of the molecule is C[C@@H](c1ccncn1)N(C)Cc1ccc(-c2ccc(Cl)cc2F)o1. The molecule has 0 spiro atoms. The first-order chi connectivity index (χ1) is 11.5. The zero-order valence-corrected chi connectivity index (χ0v) is 14.2. The van der Waals surface area contributed by atoms with E-state index in [0.29, 0.717) is 22.9 Å². The van der Waals surface area contributed by atoms with Gasteiger partial charge in [0, 0.05) is 17.3 Å². The summed E-state index contributed by atoms with van der Waals surface area (Å²) < 4.78 is 19.8. The minimum Gasteiger partial charge on any atom is -0.460 e. The molecule has 0 aliphatic heterocycles. The Balaban J connectivity index is 1.74. The molecule has 6 heteroatoms. The number of halogens is 2. The maximum absolute atomic E-state index is 14.0. The molecule has 1 aromatic carbocycles. The molecular weight excluding hydrogens is 329 g/mol. The van der Waals surface area contributed by atoms with Crippen LogP contribution in [0.2, 0.25) is 5.02 Å². The van der Waals surface area contributed by atoms with Crippen molar-refractivity contribution in [1.82, 2.24) is 14.9 Å². The summed E-state index contributed by atoms with van der Waals surface area (Å²) in [6, 6.07) is 10.2. The molecule has 0 aliphatic carbocycles. The smallest absolute Gasteiger partial charge is 0.137 e. The van der Waals surface area contributed by atoms with Crippen LogP contribution in [-0.2, 0) is 6.54 Å². The second-order valence-corrected chi connectivity index (χ2v) is 6.05. The minimum atomic E-state index is -0.397. The number of benzene rings is 1. The van der Waals surface area contributed by atoms with E-state index in [2.05, 4.69) is 21.8 Å². The molecule has 124 valence electrons. The Hall–Kier alpha value is -2.24. The van der Waals surface area contributed by atoms with E-state index in [1.165, 1.54) is 12.4 Å². The Morgan fingerprint density at radius 1 is 1.25 bits per heavy atom. The molecule has 0 amide bonds. The summed E-state index contributed by atoms with van der Waals surface area (Å²) in [6.45, 7) is 2.64. The van der Waals surface area contributed by atoms with Gasteiger partial charge in [-0.1, -0.05) is 11.6 Å². The molecule has 0 bridgehead atoms. The van der Waals surface area contributed by atoms with Gasteiger partial charge >= 0.3 is 0 Å². The number of nitrogens with zero attached hydrogens (tertiary/aromatic N) is 3. The topological polar surface area (TPSA) is 42.2 Å². The van der Waals surface area contributed by atoms with Gasteiger partial charge in [0.2, 0.25) is 0 Å². The second kappa shape index (κ2) is 7.11. The van der Waals surface area contributed by atoms with Gasteiger partial charge in [0.05, 0.1) is 17.8 Å². The largest absolute Gasteiger partial charge is 0.460 e. The molecule has 0 unspecified atom stereocenters. The van der Waals surface area contributed by atoms with E-state index in [1.807, 2.05) is 19.2 Å². The Morgan fingerprint density at radius 2 is 2.08 bits per heavy atom. The van der Waals surface area contributed by atoms with Gasteiger partial charge in [-0.3, -0.25) is 4.90 Å². The first kappa shape index (κ1) is 16.6. The lowest BCUT2D eigenvalue weighted by atomic mass is 10.1. The third kappa shape index (κ3) is 3.63. The molecule has 0 N–H and O–H groups in total. The van der Waals surface area contributed by atoms with E-state index in [9.17, 15) is 4.39 Å². The van der Waals surface area contributed by atoms with Crippen molar-refractivity contribution in [2.24, 2.45) is 0 Å². The van der Waals surface area contributed by atoms with E-state index >= 15 is 0 Å². The van der Waals surface area contributed by atoms with Crippen LogP contribution in [0.4, 0.5) is 4.39 Å². The van der Waals surface area contributed by atoms with Crippen LogP contribution in [0, 0.1) is 5.82 Å². The molecule has 3 aromatic rings. The van der Waals surface area contributed by atoms with Crippen LogP contribution in [0.3, 0.4) is 0 Å². The molecule has 2 heterocycles. The fourth-order valence-electron chi connectivity index (χ4n) is 2.45. The number of rotatable bonds is 5. The van der Waals surface area contributed by atoms with Gasteiger partial charge in [-0.25, -0.2) is 14.4 Å². The van der Waals surface area contributed by atoms with E-state index < -0.39 is 5.82 Å². The summed E-state index contributed by atoms with van der Waals surface area (Å²) in [4.78, 5) is 10.3. The number of aromatic nitrogens is 2. The monoisotopic (exact) mass is 345 g/mol. The van der Waals surface area contributed by atoms with Crippen molar-refractivity contribution in [1.29, 1.82) is 0 Å². The third-order valence-electron chi connectivity index (χ3n) is 3.96. The van der Waals surface area contributed by atoms with Crippen LogP contribution in [0.1, 0.15) is 24.4 Å². The van der Waals surface area contributed by atoms with Gasteiger partial charge in [-0.05, 0) is 50.4 Å². The highest BCUT2D eigenvalue weighted by Crippen LogP contribution is 2.28. The van der Waals surface area contributed by atoms with E-state index in [-0.39, 0.29) is 6.04 Å². The normalized spacial score (nSPS) is 12.5. The van der Waals surface area contributed by atoms with Gasteiger partial charge < -0.3 is 4.42 Å². The second-order valence-electron chi connectivity index (χ2n) is 5.62. The predicted molar refractivity (Wildman–Crippen MR) is 91.0 cm³/mol. The van der Waals surface area contributed by atoms with Crippen molar-refractivity contribution in [2.45, 2.75) is 19.5 Å². The lowest BCUT2D eigenvalue weighted by molar-refractivity contribution is 0.229. The van der Waals surface area contributed by atoms with Crippen molar-refractivity contribution in [3.05, 3.63) is 71.2 Å². The van der Waals surface area contributed by atoms with Crippen LogP contribution >= 0.6 is 11.6 Å². The molecule has 0 saturated heterocycles. The van der Waals surface area contributed by atoms with Crippen LogP contribution in [0.5, 0.6) is 0 Å². The van der Waals surface area contributed by atoms with Crippen LogP contribution < -0.4 is 0 Å². The average molecular weight is 346 g/mol. The average Bonchev–Trinajstić information content (AvgIpc) is 3.03. The van der Waals surface area contributed by atoms with Crippen molar-refractivity contribution in [3.8, 4) is 11.3 Å². The fourth-order valence-corrected chi connectivity index (χ4v) is 2.61. The first-order valence-corrected chi connectivity index (χ1v) is 7.92. The molecular formula is C18H17ClFN3O. The highest BCUT2D eigenvalue weighted by molar-refractivity contribution is 6.30. The molecule has 0 aliphatic rings. The molecule has 24 heavy (non-hydrogen) atoms. The molecule has 4 nitrogen and oxygen atoms in total. The zero-order chi connectivity index (χ0) is 17.1. The highest BCUT2D eigenvalue weighted by Gasteiger charge is 2.16. The summed E-state index contributed by atoms with van der Waals surface area (Å²) in [6.07, 6.45) is 3.26. The Bertz CT molecular complexity index is 822. The lowest BCUT2D eigenvalue weighted by Crippen LogP contribution is -2.22. The minimum absolute atomic E-state index is 0.105. The summed E-state index contributed by atoms with van der Waals surface area (Å²) in [5.74, 6) is 0.844. The fraction of sp³-hybridized carbons (Fsp3) is 0.222. The Labute approximate surface area is 144 Å². The molecule has 1 atom stereocenters. The van der Waals surface area contributed by atoms with Gasteiger partial charge in [-0.2, -0.15) is 0 Å². The number of furan rings is 1. The lowest BCUT2D eigenvalue weighted by Gasteiger charge is -2.22. The van der Waals surface area contributed by atoms with Crippen molar-refractivity contribution in [2.75, 3.05) is 7.05 Å². The summed E-state index contributed by atoms with van der Waals surface area (Å²) in [7, 11) is 1.98. The van der Waals surface area contributed by atoms with Crippen LogP contribution in [0.25, 0.3) is 11.3 Å². The molecule has 0 radical (unpaired) electrons. The van der Waals surface area contributed by atoms with Crippen LogP contribution in [0.15, 0.2) is 53.3 Å². The van der Waals surface area contributed by atoms with E-state index in [4.69, 9.17) is 16.0 Å². The predicted octanol–water partition coefficient (Wildman–Crippen LogP) is 4.72. The van der Waals surface area contributed by atoms with Gasteiger partial charge in [0.1, 0.15) is 23.7 Å². The van der Waals surface area contributed by atoms with Crippen molar-refractivity contribution in [3.63, 3.8) is 0 Å². The molecule has 0 saturated carbocycles.